The van der Waals surface area contributed by atoms with Crippen molar-refractivity contribution in [1.82, 2.24) is 29.5 Å². The average Bonchev–Trinajstić information content (AvgIpc) is 3.43. The van der Waals surface area contributed by atoms with Crippen LogP contribution in [0.2, 0.25) is 0 Å². The van der Waals surface area contributed by atoms with E-state index in [2.05, 4.69) is 46.9 Å². The zero-order valence-electron chi connectivity index (χ0n) is 17.2. The predicted octanol–water partition coefficient (Wildman–Crippen LogP) is 3.24. The van der Waals surface area contributed by atoms with Crippen molar-refractivity contribution in [2.75, 3.05) is 31.2 Å². The first-order valence-corrected chi connectivity index (χ1v) is 10.4. The lowest BCUT2D eigenvalue weighted by molar-refractivity contribution is 0.122. The topological polar surface area (TPSA) is 84.8 Å². The normalized spacial score (nSPS) is 14.7. The Bertz CT molecular complexity index is 1160. The van der Waals surface area contributed by atoms with E-state index < -0.39 is 0 Å². The molecule has 1 aromatic carbocycles. The number of rotatable bonds is 5. The SMILES string of the molecule is CC(C)Cc1nccn1-c1nc(-c2cccc3[nH]ccc23)nc(N2CCOCC2)n1. The molecular formula is C22H25N7O. The molecule has 0 radical (unpaired) electrons. The Morgan fingerprint density at radius 3 is 2.73 bits per heavy atom. The van der Waals surface area contributed by atoms with E-state index in [0.717, 1.165) is 41.8 Å². The van der Waals surface area contributed by atoms with Crippen molar-refractivity contribution in [2.45, 2.75) is 20.3 Å². The predicted molar refractivity (Wildman–Crippen MR) is 116 cm³/mol. The van der Waals surface area contributed by atoms with Crippen LogP contribution in [0.4, 0.5) is 5.95 Å². The Balaban J connectivity index is 1.66. The van der Waals surface area contributed by atoms with Crippen LogP contribution in [0, 0.1) is 5.92 Å². The second kappa shape index (κ2) is 7.87. The van der Waals surface area contributed by atoms with Gasteiger partial charge in [0.15, 0.2) is 5.82 Å². The average molecular weight is 403 g/mol. The summed E-state index contributed by atoms with van der Waals surface area (Å²) in [4.78, 5) is 24.5. The largest absolute Gasteiger partial charge is 0.378 e. The van der Waals surface area contributed by atoms with Crippen LogP contribution >= 0.6 is 0 Å². The molecule has 4 heterocycles. The van der Waals surface area contributed by atoms with Gasteiger partial charge in [0.05, 0.1) is 13.2 Å². The number of morpholine rings is 1. The number of aromatic nitrogens is 6. The van der Waals surface area contributed by atoms with Crippen molar-refractivity contribution in [3.05, 3.63) is 48.7 Å². The molecule has 5 rings (SSSR count). The molecule has 0 amide bonds. The number of anilines is 1. The summed E-state index contributed by atoms with van der Waals surface area (Å²) in [6.07, 6.45) is 6.53. The number of imidazole rings is 1. The number of hydrogen-bond donors (Lipinski definition) is 1. The van der Waals surface area contributed by atoms with Crippen molar-refractivity contribution in [1.29, 1.82) is 0 Å². The number of nitrogens with zero attached hydrogens (tertiary/aromatic N) is 6. The van der Waals surface area contributed by atoms with Gasteiger partial charge in [0.2, 0.25) is 11.9 Å². The standard InChI is InChI=1S/C22H25N7O/c1-15(2)14-19-24-8-9-29(19)22-26-20(17-4-3-5-18-16(17)6-7-23-18)25-21(27-22)28-10-12-30-13-11-28/h3-9,15,23H,10-14H2,1-2H3. The number of benzene rings is 1. The molecule has 4 aromatic rings. The number of hydrogen-bond acceptors (Lipinski definition) is 6. The van der Waals surface area contributed by atoms with Gasteiger partial charge in [-0.1, -0.05) is 26.0 Å². The second-order valence-electron chi connectivity index (χ2n) is 7.91. The van der Waals surface area contributed by atoms with Gasteiger partial charge in [-0.05, 0) is 18.1 Å². The van der Waals surface area contributed by atoms with E-state index >= 15 is 0 Å². The third-order valence-electron chi connectivity index (χ3n) is 5.27. The van der Waals surface area contributed by atoms with Gasteiger partial charge in [-0.25, -0.2) is 4.98 Å². The molecule has 0 bridgehead atoms. The van der Waals surface area contributed by atoms with Crippen LogP contribution in [0.3, 0.4) is 0 Å². The van der Waals surface area contributed by atoms with Crippen LogP contribution in [0.1, 0.15) is 19.7 Å². The van der Waals surface area contributed by atoms with Crippen molar-refractivity contribution >= 4 is 16.9 Å². The highest BCUT2D eigenvalue weighted by molar-refractivity contribution is 5.93. The van der Waals surface area contributed by atoms with E-state index in [0.29, 0.717) is 36.9 Å². The third kappa shape index (κ3) is 3.54. The highest BCUT2D eigenvalue weighted by Crippen LogP contribution is 2.27. The summed E-state index contributed by atoms with van der Waals surface area (Å²) in [5, 5.41) is 1.09. The first kappa shape index (κ1) is 18.7. The van der Waals surface area contributed by atoms with Gasteiger partial charge in [0.1, 0.15) is 5.82 Å². The fraction of sp³-hybridized carbons (Fsp3) is 0.364. The van der Waals surface area contributed by atoms with Crippen molar-refractivity contribution in [2.24, 2.45) is 5.92 Å². The summed E-state index contributed by atoms with van der Waals surface area (Å²) >= 11 is 0. The number of fused-ring (bicyclic) bond motifs is 1. The number of ether oxygens (including phenoxy) is 1. The lowest BCUT2D eigenvalue weighted by atomic mass is 10.1. The van der Waals surface area contributed by atoms with Gasteiger partial charge in [0, 0.05) is 54.6 Å². The Morgan fingerprint density at radius 1 is 1.07 bits per heavy atom. The zero-order chi connectivity index (χ0) is 20.5. The number of nitrogens with one attached hydrogen (secondary N) is 1. The minimum absolute atomic E-state index is 0.486. The van der Waals surface area contributed by atoms with Crippen LogP contribution in [-0.4, -0.2) is 55.8 Å². The molecule has 154 valence electrons. The maximum absolute atomic E-state index is 5.52. The van der Waals surface area contributed by atoms with Crippen molar-refractivity contribution in [3.63, 3.8) is 0 Å². The quantitative estimate of drug-likeness (QED) is 0.551. The van der Waals surface area contributed by atoms with E-state index in [1.54, 1.807) is 0 Å². The molecule has 30 heavy (non-hydrogen) atoms. The van der Waals surface area contributed by atoms with Gasteiger partial charge >= 0.3 is 0 Å². The summed E-state index contributed by atoms with van der Waals surface area (Å²) in [7, 11) is 0. The second-order valence-corrected chi connectivity index (χ2v) is 7.91. The molecular weight excluding hydrogens is 378 g/mol. The van der Waals surface area contributed by atoms with Crippen LogP contribution in [-0.2, 0) is 11.2 Å². The molecule has 0 spiro atoms. The maximum atomic E-state index is 5.52. The summed E-state index contributed by atoms with van der Waals surface area (Å²) in [6, 6.07) is 8.19. The van der Waals surface area contributed by atoms with Crippen LogP contribution < -0.4 is 4.90 Å². The van der Waals surface area contributed by atoms with E-state index in [1.165, 1.54) is 0 Å². The van der Waals surface area contributed by atoms with Crippen LogP contribution in [0.25, 0.3) is 28.2 Å². The molecule has 1 saturated heterocycles. The van der Waals surface area contributed by atoms with Gasteiger partial charge < -0.3 is 14.6 Å². The highest BCUT2D eigenvalue weighted by atomic mass is 16.5. The first-order valence-electron chi connectivity index (χ1n) is 10.4. The van der Waals surface area contributed by atoms with E-state index in [1.807, 2.05) is 29.2 Å². The molecule has 0 atom stereocenters. The summed E-state index contributed by atoms with van der Waals surface area (Å²) in [5.74, 6) is 3.38. The number of H-pyrrole nitrogens is 1. The molecule has 8 nitrogen and oxygen atoms in total. The minimum Gasteiger partial charge on any atom is -0.378 e. The van der Waals surface area contributed by atoms with Crippen molar-refractivity contribution < 1.29 is 4.74 Å². The van der Waals surface area contributed by atoms with Gasteiger partial charge in [0.25, 0.3) is 0 Å². The fourth-order valence-corrected chi connectivity index (χ4v) is 3.80. The van der Waals surface area contributed by atoms with Crippen molar-refractivity contribution in [3.8, 4) is 17.3 Å². The van der Waals surface area contributed by atoms with E-state index in [-0.39, 0.29) is 0 Å². The van der Waals surface area contributed by atoms with Crippen LogP contribution in [0.15, 0.2) is 42.9 Å². The monoisotopic (exact) mass is 403 g/mol. The molecule has 3 aromatic heterocycles. The van der Waals surface area contributed by atoms with Gasteiger partial charge in [-0.2, -0.15) is 15.0 Å². The minimum atomic E-state index is 0.486. The smallest absolute Gasteiger partial charge is 0.240 e. The Hall–Kier alpha value is -3.26. The molecule has 8 heteroatoms. The molecule has 0 aliphatic carbocycles. The molecule has 1 aliphatic heterocycles. The first-order chi connectivity index (χ1) is 14.7. The molecule has 1 fully saturated rings. The molecule has 0 unspecified atom stereocenters. The van der Waals surface area contributed by atoms with Gasteiger partial charge in [-0.3, -0.25) is 4.57 Å². The molecule has 1 aliphatic rings. The third-order valence-corrected chi connectivity index (χ3v) is 5.27. The zero-order valence-corrected chi connectivity index (χ0v) is 17.2. The summed E-state index contributed by atoms with van der Waals surface area (Å²) < 4.78 is 7.50. The van der Waals surface area contributed by atoms with E-state index in [4.69, 9.17) is 19.7 Å². The number of aromatic amines is 1. The summed E-state index contributed by atoms with van der Waals surface area (Å²) in [5.41, 5.74) is 2.04. The highest BCUT2D eigenvalue weighted by Gasteiger charge is 2.20. The molecule has 0 saturated carbocycles. The Morgan fingerprint density at radius 2 is 1.90 bits per heavy atom. The lowest BCUT2D eigenvalue weighted by Crippen LogP contribution is -2.37. The maximum Gasteiger partial charge on any atom is 0.240 e. The lowest BCUT2D eigenvalue weighted by Gasteiger charge is -2.27. The Kier molecular flexibility index (Phi) is 4.92. The van der Waals surface area contributed by atoms with E-state index in [9.17, 15) is 0 Å². The molecule has 1 N–H and O–H groups in total. The van der Waals surface area contributed by atoms with Crippen LogP contribution in [0.5, 0.6) is 0 Å². The Labute approximate surface area is 175 Å². The summed E-state index contributed by atoms with van der Waals surface area (Å²) in [6.45, 7) is 7.24. The van der Waals surface area contributed by atoms with Gasteiger partial charge in [-0.15, -0.1) is 0 Å². The fourth-order valence-electron chi connectivity index (χ4n) is 3.80.